The van der Waals surface area contributed by atoms with Crippen LogP contribution in [0.4, 0.5) is 5.69 Å². The Labute approximate surface area is 189 Å². The highest BCUT2D eigenvalue weighted by atomic mass is 35.5. The second-order valence-corrected chi connectivity index (χ2v) is 7.78. The average molecular weight is 450 g/mol. The summed E-state index contributed by atoms with van der Waals surface area (Å²) in [5.74, 6) is 1.81. The van der Waals surface area contributed by atoms with Crippen molar-refractivity contribution in [2.45, 2.75) is 19.4 Å². The van der Waals surface area contributed by atoms with Crippen molar-refractivity contribution in [3.8, 4) is 23.2 Å². The Hall–Kier alpha value is -3.91. The second kappa shape index (κ2) is 9.07. The van der Waals surface area contributed by atoms with E-state index in [1.54, 1.807) is 97.8 Å². The van der Waals surface area contributed by atoms with E-state index in [4.69, 9.17) is 21.1 Å². The number of nitrogens with one attached hydrogen (secondary N) is 1. The van der Waals surface area contributed by atoms with Crippen molar-refractivity contribution in [2.75, 3.05) is 5.32 Å². The van der Waals surface area contributed by atoms with Gasteiger partial charge in [0.15, 0.2) is 11.4 Å². The van der Waals surface area contributed by atoms with Gasteiger partial charge in [0.05, 0.1) is 0 Å². The molecule has 0 aliphatic heterocycles. The fourth-order valence-corrected chi connectivity index (χ4v) is 2.88. The van der Waals surface area contributed by atoms with Crippen LogP contribution in [0.1, 0.15) is 13.8 Å². The molecule has 0 spiro atoms. The van der Waals surface area contributed by atoms with Gasteiger partial charge in [-0.15, -0.1) is 10.2 Å². The van der Waals surface area contributed by atoms with Crippen molar-refractivity contribution in [1.82, 2.24) is 19.7 Å². The van der Waals surface area contributed by atoms with Crippen molar-refractivity contribution in [3.05, 3.63) is 84.4 Å². The lowest BCUT2D eigenvalue weighted by molar-refractivity contribution is -0.128. The Morgan fingerprint density at radius 1 is 0.969 bits per heavy atom. The third-order valence-corrected chi connectivity index (χ3v) is 4.71. The molecule has 0 aliphatic carbocycles. The number of ether oxygens (including phenoxy) is 2. The summed E-state index contributed by atoms with van der Waals surface area (Å²) in [6, 6.07) is 17.3. The topological polar surface area (TPSA) is 91.2 Å². The minimum absolute atomic E-state index is 0.290. The third kappa shape index (κ3) is 5.22. The largest absolute Gasteiger partial charge is 0.478 e. The van der Waals surface area contributed by atoms with Crippen LogP contribution in [0.15, 0.2) is 79.4 Å². The summed E-state index contributed by atoms with van der Waals surface area (Å²) in [5, 5.41) is 11.6. The molecular weight excluding hydrogens is 430 g/mol. The summed E-state index contributed by atoms with van der Waals surface area (Å²) in [7, 11) is 0. The van der Waals surface area contributed by atoms with E-state index in [-0.39, 0.29) is 5.91 Å². The lowest BCUT2D eigenvalue weighted by Gasteiger charge is -2.25. The molecule has 162 valence electrons. The Bertz CT molecular complexity index is 1180. The number of nitrogens with zero attached hydrogens (tertiary/aromatic N) is 4. The molecule has 0 radical (unpaired) electrons. The minimum Gasteiger partial charge on any atom is -0.478 e. The van der Waals surface area contributed by atoms with Crippen molar-refractivity contribution in [3.63, 3.8) is 0 Å². The molecule has 0 unspecified atom stereocenters. The summed E-state index contributed by atoms with van der Waals surface area (Å²) in [4.78, 5) is 16.7. The standard InChI is InChI=1S/C23H20ClN5O3/c1-23(2,32-19-7-3-16(24)4-8-19)22(30)26-17-5-9-18(10-6-17)31-21-12-11-20(27-28-21)29-14-13-25-15-29/h3-15H,1-2H3,(H,26,30). The van der Waals surface area contributed by atoms with Gasteiger partial charge in [0.25, 0.3) is 5.91 Å². The highest BCUT2D eigenvalue weighted by Crippen LogP contribution is 2.24. The monoisotopic (exact) mass is 449 g/mol. The van der Waals surface area contributed by atoms with Gasteiger partial charge >= 0.3 is 0 Å². The Morgan fingerprint density at radius 2 is 1.69 bits per heavy atom. The summed E-state index contributed by atoms with van der Waals surface area (Å²) in [5.41, 5.74) is -0.480. The zero-order chi connectivity index (χ0) is 22.6. The summed E-state index contributed by atoms with van der Waals surface area (Å²) >= 11 is 5.89. The van der Waals surface area contributed by atoms with Gasteiger partial charge < -0.3 is 14.8 Å². The van der Waals surface area contributed by atoms with Gasteiger partial charge in [0.1, 0.15) is 17.8 Å². The molecule has 1 amide bonds. The number of anilines is 1. The molecule has 0 saturated carbocycles. The minimum atomic E-state index is -1.09. The molecule has 1 N–H and O–H groups in total. The highest BCUT2D eigenvalue weighted by molar-refractivity contribution is 6.30. The summed E-state index contributed by atoms with van der Waals surface area (Å²) in [6.07, 6.45) is 5.08. The van der Waals surface area contributed by atoms with Gasteiger partial charge in [-0.2, -0.15) is 0 Å². The predicted molar refractivity (Wildman–Crippen MR) is 120 cm³/mol. The maximum absolute atomic E-state index is 12.7. The number of rotatable bonds is 7. The molecule has 2 heterocycles. The fraction of sp³-hybridized carbons (Fsp3) is 0.130. The lowest BCUT2D eigenvalue weighted by Crippen LogP contribution is -2.42. The normalized spacial score (nSPS) is 11.1. The number of carbonyl (C=O) groups excluding carboxylic acids is 1. The molecule has 2 aromatic heterocycles. The van der Waals surface area contributed by atoms with Crippen molar-refractivity contribution in [2.24, 2.45) is 0 Å². The Morgan fingerprint density at radius 3 is 2.31 bits per heavy atom. The first kappa shape index (κ1) is 21.3. The van der Waals surface area contributed by atoms with E-state index >= 15 is 0 Å². The molecule has 0 atom stereocenters. The van der Waals surface area contributed by atoms with Gasteiger partial charge in [-0.05, 0) is 68.4 Å². The first-order chi connectivity index (χ1) is 15.4. The van der Waals surface area contributed by atoms with E-state index in [1.165, 1.54) is 0 Å². The SMILES string of the molecule is CC(C)(Oc1ccc(Cl)cc1)C(=O)Nc1ccc(Oc2ccc(-n3ccnc3)nn2)cc1. The van der Waals surface area contributed by atoms with Gasteiger partial charge in [-0.25, -0.2) is 4.98 Å². The number of halogens is 1. The zero-order valence-corrected chi connectivity index (χ0v) is 18.2. The maximum atomic E-state index is 12.7. The molecule has 32 heavy (non-hydrogen) atoms. The van der Waals surface area contributed by atoms with Gasteiger partial charge in [0, 0.05) is 29.2 Å². The number of amides is 1. The number of hydrogen-bond acceptors (Lipinski definition) is 6. The van der Waals surface area contributed by atoms with Crippen LogP contribution < -0.4 is 14.8 Å². The van der Waals surface area contributed by atoms with E-state index in [0.29, 0.717) is 33.9 Å². The number of carbonyl (C=O) groups is 1. The molecule has 0 fully saturated rings. The van der Waals surface area contributed by atoms with Crippen LogP contribution in [0.25, 0.3) is 5.82 Å². The summed E-state index contributed by atoms with van der Waals surface area (Å²) < 4.78 is 13.3. The van der Waals surface area contributed by atoms with Crippen LogP contribution in [-0.2, 0) is 4.79 Å². The second-order valence-electron chi connectivity index (χ2n) is 7.35. The van der Waals surface area contributed by atoms with Gasteiger partial charge in [0.2, 0.25) is 5.88 Å². The van der Waals surface area contributed by atoms with E-state index < -0.39 is 5.60 Å². The quantitative estimate of drug-likeness (QED) is 0.431. The Kier molecular flexibility index (Phi) is 6.04. The van der Waals surface area contributed by atoms with Crippen LogP contribution in [0.5, 0.6) is 17.4 Å². The molecule has 8 nitrogen and oxygen atoms in total. The van der Waals surface area contributed by atoms with Crippen LogP contribution in [-0.4, -0.2) is 31.3 Å². The molecule has 0 bridgehead atoms. The van der Waals surface area contributed by atoms with Crippen LogP contribution in [0.2, 0.25) is 5.02 Å². The number of hydrogen-bond donors (Lipinski definition) is 1. The van der Waals surface area contributed by atoms with Crippen LogP contribution in [0.3, 0.4) is 0 Å². The lowest BCUT2D eigenvalue weighted by atomic mass is 10.1. The van der Waals surface area contributed by atoms with Crippen molar-refractivity contribution >= 4 is 23.2 Å². The molecule has 0 aliphatic rings. The molecule has 2 aromatic carbocycles. The number of imidazole rings is 1. The van der Waals surface area contributed by atoms with Crippen LogP contribution in [0, 0.1) is 0 Å². The van der Waals surface area contributed by atoms with Crippen LogP contribution >= 0.6 is 11.6 Å². The van der Waals surface area contributed by atoms with E-state index in [0.717, 1.165) is 0 Å². The van der Waals surface area contributed by atoms with Crippen molar-refractivity contribution < 1.29 is 14.3 Å². The third-order valence-electron chi connectivity index (χ3n) is 4.46. The maximum Gasteiger partial charge on any atom is 0.267 e. The number of aromatic nitrogens is 4. The summed E-state index contributed by atoms with van der Waals surface area (Å²) in [6.45, 7) is 3.39. The molecular formula is C23H20ClN5O3. The van der Waals surface area contributed by atoms with Gasteiger partial charge in [-0.3, -0.25) is 9.36 Å². The van der Waals surface area contributed by atoms with E-state index in [2.05, 4.69) is 20.5 Å². The zero-order valence-electron chi connectivity index (χ0n) is 17.4. The average Bonchev–Trinajstić information content (AvgIpc) is 3.32. The van der Waals surface area contributed by atoms with Crippen molar-refractivity contribution in [1.29, 1.82) is 0 Å². The highest BCUT2D eigenvalue weighted by Gasteiger charge is 2.30. The fourth-order valence-electron chi connectivity index (χ4n) is 2.75. The molecule has 9 heteroatoms. The Balaban J connectivity index is 1.35. The predicted octanol–water partition coefficient (Wildman–Crippen LogP) is 4.90. The van der Waals surface area contributed by atoms with E-state index in [1.807, 2.05) is 0 Å². The molecule has 0 saturated heterocycles. The van der Waals surface area contributed by atoms with Gasteiger partial charge in [-0.1, -0.05) is 11.6 Å². The van der Waals surface area contributed by atoms with E-state index in [9.17, 15) is 4.79 Å². The smallest absolute Gasteiger partial charge is 0.267 e. The molecule has 4 aromatic rings. The first-order valence-corrected chi connectivity index (χ1v) is 10.1. The molecule has 4 rings (SSSR count). The first-order valence-electron chi connectivity index (χ1n) is 9.75. The number of benzene rings is 2.